The number of ether oxygens (including phenoxy) is 1. The lowest BCUT2D eigenvalue weighted by atomic mass is 10.7. The molecule has 68 valence electrons. The van der Waals surface area contributed by atoms with Gasteiger partial charge in [-0.1, -0.05) is 58.0 Å². The van der Waals surface area contributed by atoms with Crippen LogP contribution in [0.1, 0.15) is 0 Å². The molecule has 0 spiro atoms. The van der Waals surface area contributed by atoms with Crippen LogP contribution in [0.2, 0.25) is 0 Å². The Balaban J connectivity index is 4.00. The molecule has 0 radical (unpaired) electrons. The van der Waals surface area contributed by atoms with E-state index in [1.165, 1.54) is 0 Å². The SMILES string of the molecule is OCCOC(Cl)(Cl)C(Cl)(Cl)Cl. The van der Waals surface area contributed by atoms with E-state index < -0.39 is 8.31 Å². The summed E-state index contributed by atoms with van der Waals surface area (Å²) in [5.41, 5.74) is 0. The van der Waals surface area contributed by atoms with Crippen LogP contribution in [-0.2, 0) is 4.74 Å². The van der Waals surface area contributed by atoms with E-state index in [0.717, 1.165) is 0 Å². The highest BCUT2D eigenvalue weighted by atomic mass is 35.6. The van der Waals surface area contributed by atoms with Gasteiger partial charge < -0.3 is 9.84 Å². The van der Waals surface area contributed by atoms with Crippen LogP contribution in [0.15, 0.2) is 0 Å². The maximum absolute atomic E-state index is 8.32. The van der Waals surface area contributed by atoms with Crippen molar-refractivity contribution < 1.29 is 9.84 Å². The Kier molecular flexibility index (Phi) is 5.13. The zero-order chi connectivity index (χ0) is 9.12. The molecule has 0 aromatic carbocycles. The van der Waals surface area contributed by atoms with Crippen molar-refractivity contribution in [3.05, 3.63) is 0 Å². The molecule has 0 rings (SSSR count). The predicted octanol–water partition coefficient (Wildman–Crippen LogP) is 2.50. The van der Waals surface area contributed by atoms with Crippen LogP contribution in [0.4, 0.5) is 0 Å². The van der Waals surface area contributed by atoms with Crippen LogP contribution in [0.25, 0.3) is 0 Å². The van der Waals surface area contributed by atoms with E-state index in [9.17, 15) is 0 Å². The number of alkyl halides is 5. The summed E-state index contributed by atoms with van der Waals surface area (Å²) in [5, 5.41) is 8.32. The number of rotatable bonds is 3. The van der Waals surface area contributed by atoms with Crippen LogP contribution in [-0.4, -0.2) is 26.6 Å². The molecule has 11 heavy (non-hydrogen) atoms. The summed E-state index contributed by atoms with van der Waals surface area (Å²) >= 11 is 26.8. The minimum Gasteiger partial charge on any atom is -0.394 e. The standard InChI is InChI=1S/C4H5Cl5O2/c5-3(6,7)4(8,9)11-2-1-10/h10H,1-2H2. The first-order valence-corrected chi connectivity index (χ1v) is 4.39. The number of hydrogen-bond donors (Lipinski definition) is 1. The molecule has 0 amide bonds. The van der Waals surface area contributed by atoms with E-state index in [2.05, 4.69) is 4.74 Å². The third-order valence-electron chi connectivity index (χ3n) is 0.705. The molecule has 0 heterocycles. The molecule has 1 N–H and O–H groups in total. The highest BCUT2D eigenvalue weighted by molar-refractivity contribution is 6.75. The Morgan fingerprint density at radius 2 is 1.55 bits per heavy atom. The van der Waals surface area contributed by atoms with E-state index >= 15 is 0 Å². The second kappa shape index (κ2) is 4.56. The molecule has 0 aliphatic rings. The molecule has 2 nitrogen and oxygen atoms in total. The molecule has 0 aromatic rings. The molecule has 0 saturated heterocycles. The second-order valence-electron chi connectivity index (χ2n) is 1.59. The summed E-state index contributed by atoms with van der Waals surface area (Å²) in [4.78, 5) is 0. The van der Waals surface area contributed by atoms with Gasteiger partial charge in [0.15, 0.2) is 0 Å². The number of halogens is 5. The van der Waals surface area contributed by atoms with Gasteiger partial charge in [-0.25, -0.2) is 0 Å². The zero-order valence-electron chi connectivity index (χ0n) is 5.16. The van der Waals surface area contributed by atoms with Crippen molar-refractivity contribution in [2.24, 2.45) is 0 Å². The van der Waals surface area contributed by atoms with Crippen LogP contribution in [0, 0.1) is 0 Å². The molecule has 0 unspecified atom stereocenters. The minimum absolute atomic E-state index is 0.0963. The monoisotopic (exact) mass is 260 g/mol. The lowest BCUT2D eigenvalue weighted by Gasteiger charge is -2.26. The lowest BCUT2D eigenvalue weighted by Crippen LogP contribution is -2.34. The van der Waals surface area contributed by atoms with Crippen molar-refractivity contribution in [1.82, 2.24) is 0 Å². The number of aliphatic hydroxyl groups excluding tert-OH is 1. The molecular formula is C4H5Cl5O2. The Morgan fingerprint density at radius 1 is 1.09 bits per heavy atom. The van der Waals surface area contributed by atoms with Gasteiger partial charge in [-0.2, -0.15) is 0 Å². The van der Waals surface area contributed by atoms with Gasteiger partial charge in [-0.15, -0.1) is 0 Å². The van der Waals surface area contributed by atoms with Gasteiger partial charge in [0.1, 0.15) is 0 Å². The van der Waals surface area contributed by atoms with Gasteiger partial charge in [0.25, 0.3) is 4.52 Å². The van der Waals surface area contributed by atoms with Crippen LogP contribution < -0.4 is 0 Å². The van der Waals surface area contributed by atoms with Crippen molar-refractivity contribution in [2.45, 2.75) is 8.31 Å². The summed E-state index contributed by atoms with van der Waals surface area (Å²) in [6.45, 7) is -0.344. The van der Waals surface area contributed by atoms with Gasteiger partial charge in [0, 0.05) is 0 Å². The Labute approximate surface area is 89.3 Å². The summed E-state index contributed by atoms with van der Waals surface area (Å²) < 4.78 is 0.759. The number of hydrogen-bond acceptors (Lipinski definition) is 2. The smallest absolute Gasteiger partial charge is 0.265 e. The summed E-state index contributed by atoms with van der Waals surface area (Å²) in [7, 11) is 0. The average Bonchev–Trinajstić information content (AvgIpc) is 1.81. The van der Waals surface area contributed by atoms with Crippen molar-refractivity contribution in [2.75, 3.05) is 13.2 Å². The Hall–Kier alpha value is 1.37. The molecule has 0 atom stereocenters. The highest BCUT2D eigenvalue weighted by Crippen LogP contribution is 2.46. The molecule has 0 bridgehead atoms. The van der Waals surface area contributed by atoms with E-state index in [4.69, 9.17) is 63.1 Å². The molecule has 0 fully saturated rings. The quantitative estimate of drug-likeness (QED) is 0.792. The van der Waals surface area contributed by atoms with Gasteiger partial charge in [0.2, 0.25) is 3.79 Å². The van der Waals surface area contributed by atoms with Crippen molar-refractivity contribution in [1.29, 1.82) is 0 Å². The van der Waals surface area contributed by atoms with Crippen LogP contribution in [0.3, 0.4) is 0 Å². The summed E-state index contributed by atoms with van der Waals surface area (Å²) in [6.07, 6.45) is 0. The van der Waals surface area contributed by atoms with Crippen LogP contribution >= 0.6 is 58.0 Å². The number of aliphatic hydroxyl groups is 1. The fraction of sp³-hybridized carbons (Fsp3) is 1.00. The molecule has 7 heteroatoms. The predicted molar refractivity (Wildman–Crippen MR) is 47.8 cm³/mol. The molecule has 0 saturated carbocycles. The largest absolute Gasteiger partial charge is 0.394 e. The topological polar surface area (TPSA) is 29.5 Å². The second-order valence-corrected chi connectivity index (χ2v) is 5.13. The summed E-state index contributed by atoms with van der Waals surface area (Å²) in [5.74, 6) is 0. The Bertz CT molecular complexity index is 120. The van der Waals surface area contributed by atoms with E-state index in [1.807, 2.05) is 0 Å². The van der Waals surface area contributed by atoms with Crippen molar-refractivity contribution in [3.63, 3.8) is 0 Å². The molecular weight excluding hydrogens is 257 g/mol. The van der Waals surface area contributed by atoms with Crippen LogP contribution in [0.5, 0.6) is 0 Å². The van der Waals surface area contributed by atoms with Gasteiger partial charge in [-0.05, 0) is 0 Å². The molecule has 0 aliphatic carbocycles. The maximum Gasteiger partial charge on any atom is 0.265 e. The highest BCUT2D eigenvalue weighted by Gasteiger charge is 2.47. The minimum atomic E-state index is -1.94. The maximum atomic E-state index is 8.32. The third kappa shape index (κ3) is 4.23. The Morgan fingerprint density at radius 3 is 1.82 bits per heavy atom. The average molecular weight is 262 g/mol. The van der Waals surface area contributed by atoms with E-state index in [1.54, 1.807) is 0 Å². The lowest BCUT2D eigenvalue weighted by molar-refractivity contribution is 0.0507. The fourth-order valence-electron chi connectivity index (χ4n) is 0.256. The van der Waals surface area contributed by atoms with Crippen molar-refractivity contribution in [3.8, 4) is 0 Å². The molecule has 0 aliphatic heterocycles. The fourth-order valence-corrected chi connectivity index (χ4v) is 0.574. The van der Waals surface area contributed by atoms with E-state index in [0.29, 0.717) is 0 Å². The summed E-state index contributed by atoms with van der Waals surface area (Å²) in [6, 6.07) is 0. The van der Waals surface area contributed by atoms with Gasteiger partial charge >= 0.3 is 0 Å². The first-order chi connectivity index (χ1) is 4.81. The zero-order valence-corrected chi connectivity index (χ0v) is 8.94. The first-order valence-electron chi connectivity index (χ1n) is 2.50. The third-order valence-corrected chi connectivity index (χ3v) is 2.87. The van der Waals surface area contributed by atoms with Crippen molar-refractivity contribution >= 4 is 58.0 Å². The van der Waals surface area contributed by atoms with Gasteiger partial charge in [0.05, 0.1) is 13.2 Å². The van der Waals surface area contributed by atoms with Gasteiger partial charge in [-0.3, -0.25) is 0 Å². The molecule has 0 aromatic heterocycles. The first kappa shape index (κ1) is 12.4. The van der Waals surface area contributed by atoms with E-state index in [-0.39, 0.29) is 13.2 Å². The normalized spacial score (nSPS) is 13.6.